The monoisotopic (exact) mass is 423 g/mol. The van der Waals surface area contributed by atoms with Gasteiger partial charge in [-0.3, -0.25) is 9.45 Å². The summed E-state index contributed by atoms with van der Waals surface area (Å²) in [6.07, 6.45) is 6.48. The van der Waals surface area contributed by atoms with E-state index in [0.717, 1.165) is 39.4 Å². The fraction of sp³-hybridized carbons (Fsp3) is 0.667. The Morgan fingerprint density at radius 1 is 1.14 bits per heavy atom. The van der Waals surface area contributed by atoms with Crippen LogP contribution in [0.4, 0.5) is 0 Å². The van der Waals surface area contributed by atoms with Gasteiger partial charge in [-0.25, -0.2) is 9.98 Å². The zero-order chi connectivity index (χ0) is 21.1. The Labute approximate surface area is 174 Å². The van der Waals surface area contributed by atoms with Crippen molar-refractivity contribution in [3.05, 3.63) is 29.3 Å². The number of morpholine rings is 1. The van der Waals surface area contributed by atoms with Crippen LogP contribution < -0.4 is 0 Å². The van der Waals surface area contributed by atoms with Crippen molar-refractivity contribution in [2.24, 2.45) is 9.98 Å². The second-order valence-corrected chi connectivity index (χ2v) is 8.91. The third kappa shape index (κ3) is 8.76. The fourth-order valence-electron chi connectivity index (χ4n) is 3.60. The van der Waals surface area contributed by atoms with Gasteiger partial charge in [0.25, 0.3) is 10.1 Å². The van der Waals surface area contributed by atoms with Crippen molar-refractivity contribution in [1.29, 1.82) is 0 Å². The number of hydrogen-bond acceptors (Lipinski definition) is 6. The van der Waals surface area contributed by atoms with Crippen molar-refractivity contribution in [3.8, 4) is 0 Å². The Morgan fingerprint density at radius 3 is 2.31 bits per heavy atom. The molecule has 1 aromatic rings. The van der Waals surface area contributed by atoms with E-state index in [1.807, 2.05) is 0 Å². The lowest BCUT2D eigenvalue weighted by atomic mass is 9.96. The highest BCUT2D eigenvalue weighted by Gasteiger charge is 2.15. The van der Waals surface area contributed by atoms with Crippen LogP contribution in [0.15, 0.2) is 33.1 Å². The summed E-state index contributed by atoms with van der Waals surface area (Å²) in [4.78, 5) is 11.1. The largest absolute Gasteiger partial charge is 0.379 e. The van der Waals surface area contributed by atoms with E-state index in [4.69, 9.17) is 9.29 Å². The number of nitrogens with zero attached hydrogens (tertiary/aromatic N) is 3. The summed E-state index contributed by atoms with van der Waals surface area (Å²) in [5, 5.41) is 0. The average molecular weight is 424 g/mol. The summed E-state index contributed by atoms with van der Waals surface area (Å²) in [6.45, 7) is 8.92. The minimum atomic E-state index is -4.06. The number of aryl methyl sites for hydroxylation is 2. The molecule has 1 saturated heterocycles. The second-order valence-electron chi connectivity index (χ2n) is 7.55. The predicted octanol–water partition coefficient (Wildman–Crippen LogP) is 3.38. The van der Waals surface area contributed by atoms with Crippen LogP contribution in [0, 0.1) is 13.8 Å². The SMILES string of the molecule is C(=NCCN1CCOCC1)=NC1CCCCC1.Cc1cccc(C)c1S(=O)(=O)O. The molecule has 0 unspecified atom stereocenters. The van der Waals surface area contributed by atoms with Crippen LogP contribution in [-0.4, -0.2) is 69.3 Å². The molecular weight excluding hydrogens is 390 g/mol. The molecule has 2 fully saturated rings. The number of ether oxygens (including phenoxy) is 1. The minimum absolute atomic E-state index is 0.0185. The third-order valence-electron chi connectivity index (χ3n) is 5.18. The van der Waals surface area contributed by atoms with Gasteiger partial charge >= 0.3 is 0 Å². The molecule has 0 atom stereocenters. The Balaban J connectivity index is 0.000000221. The second kappa shape index (κ2) is 12.2. The molecule has 1 saturated carbocycles. The van der Waals surface area contributed by atoms with Gasteiger partial charge in [0.1, 0.15) is 0 Å². The van der Waals surface area contributed by atoms with Crippen LogP contribution in [0.2, 0.25) is 0 Å². The minimum Gasteiger partial charge on any atom is -0.379 e. The zero-order valence-corrected chi connectivity index (χ0v) is 18.3. The molecule has 2 aliphatic rings. The van der Waals surface area contributed by atoms with E-state index in [1.165, 1.54) is 32.1 Å². The molecule has 0 radical (unpaired) electrons. The van der Waals surface area contributed by atoms with Crippen LogP contribution in [0.5, 0.6) is 0 Å². The number of benzene rings is 1. The maximum absolute atomic E-state index is 10.8. The third-order valence-corrected chi connectivity index (χ3v) is 6.34. The van der Waals surface area contributed by atoms with Crippen LogP contribution in [-0.2, 0) is 14.9 Å². The van der Waals surface area contributed by atoms with E-state index in [0.29, 0.717) is 17.2 Å². The topological polar surface area (TPSA) is 91.6 Å². The highest BCUT2D eigenvalue weighted by atomic mass is 32.2. The van der Waals surface area contributed by atoms with Gasteiger partial charge in [0.15, 0.2) is 0 Å². The zero-order valence-electron chi connectivity index (χ0n) is 17.5. The van der Waals surface area contributed by atoms with Crippen molar-refractivity contribution < 1.29 is 17.7 Å². The first-order valence-electron chi connectivity index (χ1n) is 10.3. The molecular formula is C21H33N3O4S. The first-order valence-corrected chi connectivity index (χ1v) is 11.8. The molecule has 1 aliphatic carbocycles. The summed E-state index contributed by atoms with van der Waals surface area (Å²) in [6, 6.07) is 8.43. The van der Waals surface area contributed by atoms with Crippen molar-refractivity contribution in [2.75, 3.05) is 39.4 Å². The lowest BCUT2D eigenvalue weighted by Crippen LogP contribution is -2.37. The van der Waals surface area contributed by atoms with Gasteiger partial charge in [-0.2, -0.15) is 8.42 Å². The summed E-state index contributed by atoms with van der Waals surface area (Å²) >= 11 is 0. The summed E-state index contributed by atoms with van der Waals surface area (Å²) < 4.78 is 35.8. The van der Waals surface area contributed by atoms with Crippen molar-refractivity contribution in [2.45, 2.75) is 56.9 Å². The molecule has 1 aliphatic heterocycles. The Bertz CT molecular complexity index is 772. The molecule has 7 nitrogen and oxygen atoms in total. The molecule has 0 aromatic heterocycles. The van der Waals surface area contributed by atoms with Gasteiger partial charge in [0.05, 0.1) is 36.7 Å². The fourth-order valence-corrected chi connectivity index (χ4v) is 4.55. The van der Waals surface area contributed by atoms with E-state index >= 15 is 0 Å². The maximum Gasteiger partial charge on any atom is 0.295 e. The van der Waals surface area contributed by atoms with Crippen LogP contribution in [0.3, 0.4) is 0 Å². The molecule has 1 N–H and O–H groups in total. The summed E-state index contributed by atoms with van der Waals surface area (Å²) in [7, 11) is -4.06. The van der Waals surface area contributed by atoms with E-state index in [9.17, 15) is 8.42 Å². The van der Waals surface area contributed by atoms with Gasteiger partial charge < -0.3 is 4.74 Å². The Kier molecular flexibility index (Phi) is 9.97. The summed E-state index contributed by atoms with van der Waals surface area (Å²) in [5.41, 5.74) is 1.13. The van der Waals surface area contributed by atoms with Crippen molar-refractivity contribution in [1.82, 2.24) is 4.90 Å². The Morgan fingerprint density at radius 2 is 1.76 bits per heavy atom. The van der Waals surface area contributed by atoms with Gasteiger partial charge in [0, 0.05) is 19.6 Å². The van der Waals surface area contributed by atoms with Crippen molar-refractivity contribution in [3.63, 3.8) is 0 Å². The molecule has 3 rings (SSSR count). The molecule has 0 bridgehead atoms. The van der Waals surface area contributed by atoms with Gasteiger partial charge in [-0.1, -0.05) is 37.5 Å². The maximum atomic E-state index is 10.8. The van der Waals surface area contributed by atoms with E-state index in [2.05, 4.69) is 20.9 Å². The average Bonchev–Trinajstić information content (AvgIpc) is 2.69. The molecule has 1 heterocycles. The standard InChI is InChI=1S/C13H23N3O.C8H10O3S/c1-2-4-13(5-3-1)15-12-14-6-7-16-8-10-17-11-9-16;1-6-4-3-5-7(2)8(6)12(9,10)11/h13H,1-11H2;3-5H,1-2H3,(H,9,10,11). The summed E-state index contributed by atoms with van der Waals surface area (Å²) in [5.74, 6) is 0. The molecule has 0 amide bonds. The number of hydrogen-bond donors (Lipinski definition) is 1. The van der Waals surface area contributed by atoms with Gasteiger partial charge in [-0.15, -0.1) is 0 Å². The van der Waals surface area contributed by atoms with Crippen LogP contribution in [0.1, 0.15) is 43.2 Å². The van der Waals surface area contributed by atoms with Crippen LogP contribution >= 0.6 is 0 Å². The highest BCUT2D eigenvalue weighted by molar-refractivity contribution is 7.86. The van der Waals surface area contributed by atoms with E-state index in [-0.39, 0.29) is 4.90 Å². The van der Waals surface area contributed by atoms with Gasteiger partial charge in [0.2, 0.25) is 0 Å². The quantitative estimate of drug-likeness (QED) is 0.579. The molecule has 29 heavy (non-hydrogen) atoms. The smallest absolute Gasteiger partial charge is 0.295 e. The number of aliphatic imine (C=N–C) groups is 2. The first-order chi connectivity index (χ1) is 13.9. The number of rotatable bonds is 5. The van der Waals surface area contributed by atoms with Gasteiger partial charge in [-0.05, 0) is 37.8 Å². The molecule has 0 spiro atoms. The van der Waals surface area contributed by atoms with Crippen molar-refractivity contribution >= 4 is 16.1 Å². The lowest BCUT2D eigenvalue weighted by Gasteiger charge is -2.25. The molecule has 1 aromatic carbocycles. The first kappa shape index (κ1) is 23.7. The lowest BCUT2D eigenvalue weighted by molar-refractivity contribution is 0.0395. The normalized spacial score (nSPS) is 18.3. The highest BCUT2D eigenvalue weighted by Crippen LogP contribution is 2.19. The van der Waals surface area contributed by atoms with E-state index < -0.39 is 10.1 Å². The van der Waals surface area contributed by atoms with E-state index in [1.54, 1.807) is 32.0 Å². The molecule has 8 heteroatoms. The molecule has 162 valence electrons. The predicted molar refractivity (Wildman–Crippen MR) is 115 cm³/mol. The Hall–Kier alpha value is -1.57. The van der Waals surface area contributed by atoms with Crippen LogP contribution in [0.25, 0.3) is 0 Å².